The molecule has 2 saturated heterocycles. The minimum absolute atomic E-state index is 0.784. The van der Waals surface area contributed by atoms with Crippen LogP contribution in [0.5, 0.6) is 0 Å². The lowest BCUT2D eigenvalue weighted by molar-refractivity contribution is 0.107. The minimum Gasteiger partial charge on any atom is -0.381 e. The van der Waals surface area contributed by atoms with Crippen LogP contribution in [-0.4, -0.2) is 37.2 Å². The van der Waals surface area contributed by atoms with E-state index in [-0.39, 0.29) is 0 Å². The quantitative estimate of drug-likeness (QED) is 0.685. The van der Waals surface area contributed by atoms with E-state index in [9.17, 15) is 0 Å². The number of ether oxygens (including phenoxy) is 1. The molecule has 81 valence electrons. The van der Waals surface area contributed by atoms with Gasteiger partial charge in [0.2, 0.25) is 0 Å². The first kappa shape index (κ1) is 10.4. The van der Waals surface area contributed by atoms with E-state index in [0.717, 1.165) is 25.2 Å². The maximum Gasteiger partial charge on any atom is 0.0510 e. The van der Waals surface area contributed by atoms with Gasteiger partial charge in [-0.25, -0.2) is 0 Å². The van der Waals surface area contributed by atoms with E-state index in [2.05, 4.69) is 18.2 Å². The standard InChI is InChI=1S/C12H22NO/c1-2-12(11-6-9-14-10-11)13-7-4-3-5-8-13/h3,11-12H,2,4-10H2,1H3. The number of rotatable bonds is 3. The number of hydrogen-bond donors (Lipinski definition) is 0. The number of likely N-dealkylation sites (tertiary alicyclic amines) is 1. The molecule has 0 N–H and O–H groups in total. The summed E-state index contributed by atoms with van der Waals surface area (Å²) in [7, 11) is 0. The molecule has 2 fully saturated rings. The fraction of sp³-hybridized carbons (Fsp3) is 0.917. The summed E-state index contributed by atoms with van der Waals surface area (Å²) in [6, 6.07) is 0.784. The molecule has 2 rings (SSSR count). The Morgan fingerprint density at radius 3 is 2.79 bits per heavy atom. The molecule has 0 aromatic carbocycles. The second kappa shape index (κ2) is 5.13. The smallest absolute Gasteiger partial charge is 0.0510 e. The Morgan fingerprint density at radius 2 is 2.21 bits per heavy atom. The highest BCUT2D eigenvalue weighted by molar-refractivity contribution is 4.86. The van der Waals surface area contributed by atoms with Crippen LogP contribution in [0.2, 0.25) is 0 Å². The van der Waals surface area contributed by atoms with Crippen molar-refractivity contribution in [2.24, 2.45) is 5.92 Å². The van der Waals surface area contributed by atoms with Gasteiger partial charge in [0.25, 0.3) is 0 Å². The van der Waals surface area contributed by atoms with Crippen molar-refractivity contribution in [1.29, 1.82) is 0 Å². The van der Waals surface area contributed by atoms with E-state index in [1.165, 1.54) is 38.8 Å². The summed E-state index contributed by atoms with van der Waals surface area (Å²) in [5, 5.41) is 0. The van der Waals surface area contributed by atoms with Crippen LogP contribution < -0.4 is 0 Å². The predicted octanol–water partition coefficient (Wildman–Crippen LogP) is 2.10. The fourth-order valence-electron chi connectivity index (χ4n) is 2.85. The highest BCUT2D eigenvalue weighted by atomic mass is 16.5. The molecule has 14 heavy (non-hydrogen) atoms. The number of hydrogen-bond acceptors (Lipinski definition) is 2. The first-order valence-electron chi connectivity index (χ1n) is 6.05. The van der Waals surface area contributed by atoms with Gasteiger partial charge in [-0.1, -0.05) is 6.92 Å². The Hall–Kier alpha value is -0.0800. The third-order valence-electron chi connectivity index (χ3n) is 3.64. The first-order valence-corrected chi connectivity index (χ1v) is 6.05. The lowest BCUT2D eigenvalue weighted by atomic mass is 9.93. The van der Waals surface area contributed by atoms with Crippen LogP contribution >= 0.6 is 0 Å². The van der Waals surface area contributed by atoms with Gasteiger partial charge in [-0.15, -0.1) is 0 Å². The van der Waals surface area contributed by atoms with Gasteiger partial charge in [0.05, 0.1) is 6.61 Å². The van der Waals surface area contributed by atoms with Crippen molar-refractivity contribution >= 4 is 0 Å². The fourth-order valence-corrected chi connectivity index (χ4v) is 2.85. The Kier molecular flexibility index (Phi) is 3.82. The van der Waals surface area contributed by atoms with Crippen molar-refractivity contribution in [3.8, 4) is 0 Å². The largest absolute Gasteiger partial charge is 0.381 e. The summed E-state index contributed by atoms with van der Waals surface area (Å²) in [5.74, 6) is 0.804. The zero-order chi connectivity index (χ0) is 9.80. The van der Waals surface area contributed by atoms with E-state index in [0.29, 0.717) is 0 Å². The van der Waals surface area contributed by atoms with Crippen LogP contribution in [0.4, 0.5) is 0 Å². The van der Waals surface area contributed by atoms with E-state index in [4.69, 9.17) is 4.74 Å². The molecule has 2 aliphatic heterocycles. The molecule has 2 heterocycles. The molecule has 0 saturated carbocycles. The third kappa shape index (κ3) is 2.29. The van der Waals surface area contributed by atoms with Crippen molar-refractivity contribution in [2.75, 3.05) is 26.3 Å². The monoisotopic (exact) mass is 196 g/mol. The van der Waals surface area contributed by atoms with Crippen LogP contribution in [0, 0.1) is 12.3 Å². The molecule has 0 bridgehead atoms. The van der Waals surface area contributed by atoms with E-state index >= 15 is 0 Å². The van der Waals surface area contributed by atoms with Gasteiger partial charge in [0.15, 0.2) is 0 Å². The Morgan fingerprint density at radius 1 is 1.43 bits per heavy atom. The molecule has 1 radical (unpaired) electrons. The topological polar surface area (TPSA) is 12.5 Å². The molecule has 0 aliphatic carbocycles. The molecule has 2 nitrogen and oxygen atoms in total. The SMILES string of the molecule is CCC(C1CCOC1)N1CC[CH]CC1. The third-order valence-corrected chi connectivity index (χ3v) is 3.64. The average Bonchev–Trinajstić information content (AvgIpc) is 2.74. The van der Waals surface area contributed by atoms with Crippen LogP contribution in [0.15, 0.2) is 0 Å². The summed E-state index contributed by atoms with van der Waals surface area (Å²) < 4.78 is 5.50. The van der Waals surface area contributed by atoms with Crippen LogP contribution in [0.25, 0.3) is 0 Å². The van der Waals surface area contributed by atoms with Crippen molar-refractivity contribution in [3.05, 3.63) is 6.42 Å². The molecule has 2 atom stereocenters. The summed E-state index contributed by atoms with van der Waals surface area (Å²) in [6.07, 6.45) is 7.55. The zero-order valence-corrected chi connectivity index (χ0v) is 9.24. The van der Waals surface area contributed by atoms with Crippen molar-refractivity contribution in [3.63, 3.8) is 0 Å². The van der Waals surface area contributed by atoms with Gasteiger partial charge >= 0.3 is 0 Å². The van der Waals surface area contributed by atoms with Crippen molar-refractivity contribution in [1.82, 2.24) is 4.90 Å². The summed E-state index contributed by atoms with van der Waals surface area (Å²) in [4.78, 5) is 2.68. The minimum atomic E-state index is 0.784. The Balaban J connectivity index is 1.89. The van der Waals surface area contributed by atoms with Gasteiger partial charge in [-0.2, -0.15) is 0 Å². The predicted molar refractivity (Wildman–Crippen MR) is 58.1 cm³/mol. The van der Waals surface area contributed by atoms with Gasteiger partial charge in [-0.05, 0) is 51.1 Å². The Bertz CT molecular complexity index is 160. The second-order valence-corrected chi connectivity index (χ2v) is 4.50. The van der Waals surface area contributed by atoms with Gasteiger partial charge in [-0.3, -0.25) is 0 Å². The van der Waals surface area contributed by atoms with Crippen molar-refractivity contribution < 1.29 is 4.74 Å². The zero-order valence-electron chi connectivity index (χ0n) is 9.24. The van der Waals surface area contributed by atoms with Gasteiger partial charge in [0, 0.05) is 12.6 Å². The van der Waals surface area contributed by atoms with E-state index in [1.54, 1.807) is 0 Å². The number of piperidine rings is 1. The molecule has 0 spiro atoms. The summed E-state index contributed by atoms with van der Waals surface area (Å²) in [6.45, 7) is 6.85. The molecule has 0 aromatic heterocycles. The highest BCUT2D eigenvalue weighted by Gasteiger charge is 2.29. The molecule has 2 unspecified atom stereocenters. The Labute approximate surface area is 87.6 Å². The second-order valence-electron chi connectivity index (χ2n) is 4.50. The van der Waals surface area contributed by atoms with Crippen molar-refractivity contribution in [2.45, 2.75) is 38.6 Å². The lowest BCUT2D eigenvalue weighted by Gasteiger charge is -2.37. The maximum absolute atomic E-state index is 5.50. The van der Waals surface area contributed by atoms with E-state index in [1.807, 2.05) is 0 Å². The van der Waals surface area contributed by atoms with E-state index < -0.39 is 0 Å². The molecule has 0 aromatic rings. The van der Waals surface area contributed by atoms with Crippen LogP contribution in [0.3, 0.4) is 0 Å². The average molecular weight is 196 g/mol. The van der Waals surface area contributed by atoms with Gasteiger partial charge < -0.3 is 9.64 Å². The summed E-state index contributed by atoms with van der Waals surface area (Å²) >= 11 is 0. The molecular formula is C12H22NO. The van der Waals surface area contributed by atoms with Crippen LogP contribution in [0.1, 0.15) is 32.6 Å². The lowest BCUT2D eigenvalue weighted by Crippen LogP contribution is -2.43. The summed E-state index contributed by atoms with van der Waals surface area (Å²) in [5.41, 5.74) is 0. The number of nitrogens with zero attached hydrogens (tertiary/aromatic N) is 1. The van der Waals surface area contributed by atoms with Gasteiger partial charge in [0.1, 0.15) is 0 Å². The highest BCUT2D eigenvalue weighted by Crippen LogP contribution is 2.25. The first-order chi connectivity index (χ1) is 6.92. The maximum atomic E-state index is 5.50. The molecule has 2 heteroatoms. The normalized spacial score (nSPS) is 31.9. The molecule has 0 amide bonds. The molecule has 2 aliphatic rings. The molecular weight excluding hydrogens is 174 g/mol. The van der Waals surface area contributed by atoms with Crippen LogP contribution in [-0.2, 0) is 4.74 Å².